The number of benzene rings is 2. The van der Waals surface area contributed by atoms with Crippen molar-refractivity contribution in [2.45, 2.75) is 33.6 Å². The Kier molecular flexibility index (Phi) is 4.41. The second-order valence-electron chi connectivity index (χ2n) is 7.37. The summed E-state index contributed by atoms with van der Waals surface area (Å²) < 4.78 is 16.0. The molecule has 2 N–H and O–H groups in total. The first-order chi connectivity index (χ1) is 13.4. The lowest BCUT2D eigenvalue weighted by Crippen LogP contribution is -2.24. The number of carbonyl (C=O) groups is 1. The number of hydrogen-bond donors (Lipinski definition) is 2. The highest BCUT2D eigenvalue weighted by atomic mass is 19.1. The number of nitrogens with zero attached hydrogens (tertiary/aromatic N) is 2. The molecule has 0 bridgehead atoms. The van der Waals surface area contributed by atoms with Gasteiger partial charge in [-0.05, 0) is 55.7 Å². The fourth-order valence-electron chi connectivity index (χ4n) is 3.82. The molecule has 144 valence electrons. The number of rotatable bonds is 4. The first-order valence-corrected chi connectivity index (χ1v) is 9.48. The minimum atomic E-state index is -0.243. The van der Waals surface area contributed by atoms with E-state index in [4.69, 9.17) is 0 Å². The van der Waals surface area contributed by atoms with Gasteiger partial charge in [-0.25, -0.2) is 4.39 Å². The molecule has 0 spiro atoms. The standard InChI is InChI=1S/C22H23FN4O/c1-5-24-22(28)20-16-10-18-14(11-25-26-18)9-19(16)27(21(20)12(2)3)15-6-7-17(23)13(4)8-15/h6-12H,5H2,1-4H3,(H,24,28)(H,25,26). The van der Waals surface area contributed by atoms with Gasteiger partial charge in [-0.3, -0.25) is 9.89 Å². The van der Waals surface area contributed by atoms with Gasteiger partial charge in [-0.1, -0.05) is 13.8 Å². The number of fused-ring (bicyclic) bond motifs is 2. The van der Waals surface area contributed by atoms with Gasteiger partial charge in [0.1, 0.15) is 5.82 Å². The van der Waals surface area contributed by atoms with Gasteiger partial charge in [0.05, 0.1) is 22.8 Å². The summed E-state index contributed by atoms with van der Waals surface area (Å²) in [5.41, 5.74) is 4.76. The van der Waals surface area contributed by atoms with Crippen LogP contribution < -0.4 is 5.32 Å². The maximum absolute atomic E-state index is 13.9. The maximum atomic E-state index is 13.9. The van der Waals surface area contributed by atoms with Crippen molar-refractivity contribution >= 4 is 27.7 Å². The predicted molar refractivity (Wildman–Crippen MR) is 110 cm³/mol. The van der Waals surface area contributed by atoms with E-state index in [0.29, 0.717) is 17.7 Å². The van der Waals surface area contributed by atoms with E-state index in [1.807, 2.05) is 25.1 Å². The second kappa shape index (κ2) is 6.78. The van der Waals surface area contributed by atoms with Crippen molar-refractivity contribution in [2.75, 3.05) is 6.54 Å². The van der Waals surface area contributed by atoms with Gasteiger partial charge in [0.2, 0.25) is 0 Å². The van der Waals surface area contributed by atoms with Crippen LogP contribution in [0.4, 0.5) is 4.39 Å². The molecule has 2 heterocycles. The zero-order chi connectivity index (χ0) is 20.0. The van der Waals surface area contributed by atoms with Gasteiger partial charge in [0.15, 0.2) is 0 Å². The quantitative estimate of drug-likeness (QED) is 0.534. The van der Waals surface area contributed by atoms with Crippen LogP contribution >= 0.6 is 0 Å². The van der Waals surface area contributed by atoms with Crippen molar-refractivity contribution in [3.63, 3.8) is 0 Å². The minimum absolute atomic E-state index is 0.0897. The number of halogens is 1. The van der Waals surface area contributed by atoms with Crippen LogP contribution in [0.5, 0.6) is 0 Å². The SMILES string of the molecule is CCNC(=O)c1c(C(C)C)n(-c2ccc(F)c(C)c2)c2cc3cn[nH]c3cc12. The molecule has 2 aromatic heterocycles. The van der Waals surface area contributed by atoms with Crippen LogP contribution in [0.15, 0.2) is 36.5 Å². The topological polar surface area (TPSA) is 62.7 Å². The molecule has 0 atom stereocenters. The van der Waals surface area contributed by atoms with Gasteiger partial charge in [-0.15, -0.1) is 0 Å². The van der Waals surface area contributed by atoms with Crippen LogP contribution in [0.1, 0.15) is 48.3 Å². The van der Waals surface area contributed by atoms with E-state index < -0.39 is 0 Å². The lowest BCUT2D eigenvalue weighted by atomic mass is 10.0. The third-order valence-corrected chi connectivity index (χ3v) is 5.07. The number of carbonyl (C=O) groups excluding carboxylic acids is 1. The molecule has 0 saturated carbocycles. The Hall–Kier alpha value is -3.15. The molecule has 0 aliphatic heterocycles. The highest BCUT2D eigenvalue weighted by Crippen LogP contribution is 2.36. The Morgan fingerprint density at radius 3 is 2.75 bits per heavy atom. The third-order valence-electron chi connectivity index (χ3n) is 5.07. The maximum Gasteiger partial charge on any atom is 0.253 e. The fraction of sp³-hybridized carbons (Fsp3) is 0.273. The molecule has 0 fully saturated rings. The third kappa shape index (κ3) is 2.76. The molecule has 0 radical (unpaired) electrons. The molecule has 5 nitrogen and oxygen atoms in total. The largest absolute Gasteiger partial charge is 0.352 e. The molecule has 28 heavy (non-hydrogen) atoms. The number of nitrogens with one attached hydrogen (secondary N) is 2. The van der Waals surface area contributed by atoms with Gasteiger partial charge in [0, 0.05) is 28.7 Å². The van der Waals surface area contributed by atoms with E-state index in [2.05, 4.69) is 33.9 Å². The number of aromatic amines is 1. The van der Waals surface area contributed by atoms with E-state index in [1.165, 1.54) is 6.07 Å². The Labute approximate surface area is 162 Å². The van der Waals surface area contributed by atoms with Crippen molar-refractivity contribution in [2.24, 2.45) is 0 Å². The lowest BCUT2D eigenvalue weighted by molar-refractivity contribution is 0.0956. The molecule has 2 aromatic carbocycles. The zero-order valence-electron chi connectivity index (χ0n) is 16.4. The number of aryl methyl sites for hydroxylation is 1. The van der Waals surface area contributed by atoms with Crippen molar-refractivity contribution in [1.29, 1.82) is 0 Å². The zero-order valence-corrected chi connectivity index (χ0v) is 16.4. The van der Waals surface area contributed by atoms with Gasteiger partial charge >= 0.3 is 0 Å². The summed E-state index contributed by atoms with van der Waals surface area (Å²) >= 11 is 0. The van der Waals surface area contributed by atoms with E-state index in [0.717, 1.165) is 33.2 Å². The summed E-state index contributed by atoms with van der Waals surface area (Å²) in [5, 5.41) is 11.9. The molecule has 0 saturated heterocycles. The Morgan fingerprint density at radius 1 is 1.29 bits per heavy atom. The van der Waals surface area contributed by atoms with E-state index in [-0.39, 0.29) is 17.6 Å². The fourth-order valence-corrected chi connectivity index (χ4v) is 3.82. The van der Waals surface area contributed by atoms with Gasteiger partial charge < -0.3 is 9.88 Å². The summed E-state index contributed by atoms with van der Waals surface area (Å²) in [7, 11) is 0. The van der Waals surface area contributed by atoms with Crippen LogP contribution in [-0.2, 0) is 0 Å². The highest BCUT2D eigenvalue weighted by molar-refractivity contribution is 6.12. The van der Waals surface area contributed by atoms with Crippen LogP contribution in [0, 0.1) is 12.7 Å². The Balaban J connectivity index is 2.15. The summed E-state index contributed by atoms with van der Waals surface area (Å²) in [5.74, 6) is -0.257. The normalized spacial score (nSPS) is 11.6. The average Bonchev–Trinajstić information content (AvgIpc) is 3.23. The average molecular weight is 378 g/mol. The second-order valence-corrected chi connectivity index (χ2v) is 7.37. The van der Waals surface area contributed by atoms with E-state index in [1.54, 1.807) is 19.2 Å². The number of amides is 1. The smallest absolute Gasteiger partial charge is 0.253 e. The minimum Gasteiger partial charge on any atom is -0.352 e. The molecule has 6 heteroatoms. The molecule has 1 amide bonds. The molecule has 4 rings (SSSR count). The van der Waals surface area contributed by atoms with E-state index in [9.17, 15) is 9.18 Å². The first kappa shape index (κ1) is 18.2. The highest BCUT2D eigenvalue weighted by Gasteiger charge is 2.26. The van der Waals surface area contributed by atoms with Crippen molar-refractivity contribution in [3.05, 3.63) is 59.2 Å². The Morgan fingerprint density at radius 2 is 2.07 bits per heavy atom. The van der Waals surface area contributed by atoms with Crippen molar-refractivity contribution < 1.29 is 9.18 Å². The molecule has 0 aliphatic carbocycles. The lowest BCUT2D eigenvalue weighted by Gasteiger charge is -2.16. The number of hydrogen-bond acceptors (Lipinski definition) is 2. The summed E-state index contributed by atoms with van der Waals surface area (Å²) in [6.07, 6.45) is 1.77. The first-order valence-electron chi connectivity index (χ1n) is 9.48. The van der Waals surface area contributed by atoms with Crippen LogP contribution in [0.2, 0.25) is 0 Å². The van der Waals surface area contributed by atoms with Crippen molar-refractivity contribution in [3.8, 4) is 5.69 Å². The molecule has 4 aromatic rings. The van der Waals surface area contributed by atoms with E-state index >= 15 is 0 Å². The molecular weight excluding hydrogens is 355 g/mol. The molecule has 0 unspecified atom stereocenters. The summed E-state index contributed by atoms with van der Waals surface area (Å²) in [4.78, 5) is 13.0. The van der Waals surface area contributed by atoms with Crippen LogP contribution in [0.25, 0.3) is 27.5 Å². The summed E-state index contributed by atoms with van der Waals surface area (Å²) in [6, 6.07) is 9.06. The summed E-state index contributed by atoms with van der Waals surface area (Å²) in [6.45, 7) is 8.33. The number of aromatic nitrogens is 3. The van der Waals surface area contributed by atoms with Crippen LogP contribution in [-0.4, -0.2) is 27.2 Å². The van der Waals surface area contributed by atoms with Gasteiger partial charge in [-0.2, -0.15) is 5.10 Å². The Bertz CT molecular complexity index is 1200. The number of H-pyrrole nitrogens is 1. The van der Waals surface area contributed by atoms with Crippen molar-refractivity contribution in [1.82, 2.24) is 20.1 Å². The predicted octanol–water partition coefficient (Wildman–Crippen LogP) is 4.83. The monoisotopic (exact) mass is 378 g/mol. The molecule has 0 aliphatic rings. The molecular formula is C22H23FN4O. The van der Waals surface area contributed by atoms with Gasteiger partial charge in [0.25, 0.3) is 5.91 Å². The van der Waals surface area contributed by atoms with Crippen LogP contribution in [0.3, 0.4) is 0 Å².